The van der Waals surface area contributed by atoms with Crippen molar-refractivity contribution in [2.45, 2.75) is 19.4 Å². The minimum Gasteiger partial charge on any atom is -0.493 e. The van der Waals surface area contributed by atoms with Crippen molar-refractivity contribution in [3.8, 4) is 11.8 Å². The van der Waals surface area contributed by atoms with Crippen LogP contribution < -0.4 is 10.1 Å². The van der Waals surface area contributed by atoms with Gasteiger partial charge in [-0.2, -0.15) is 5.26 Å². The highest BCUT2D eigenvalue weighted by atomic mass is 16.5. The first-order valence-electron chi connectivity index (χ1n) is 8.42. The molecule has 1 unspecified atom stereocenters. The maximum Gasteiger partial charge on any atom is 0.306 e. The number of aliphatic carboxylic acids is 1. The van der Waals surface area contributed by atoms with Gasteiger partial charge in [-0.05, 0) is 36.3 Å². The number of carbonyl (C=O) groups excluding carboxylic acids is 1. The van der Waals surface area contributed by atoms with Crippen LogP contribution in [0.5, 0.6) is 5.75 Å². The van der Waals surface area contributed by atoms with Crippen molar-refractivity contribution in [1.29, 1.82) is 5.26 Å². The monoisotopic (exact) mass is 364 g/mol. The van der Waals surface area contributed by atoms with Crippen LogP contribution in [0.25, 0.3) is 6.08 Å². The van der Waals surface area contributed by atoms with Crippen LogP contribution in [0, 0.1) is 11.3 Å². The number of amides is 1. The summed E-state index contributed by atoms with van der Waals surface area (Å²) in [5.74, 6) is -0.937. The van der Waals surface area contributed by atoms with Gasteiger partial charge in [0.15, 0.2) is 0 Å². The molecule has 0 bridgehead atoms. The van der Waals surface area contributed by atoms with Gasteiger partial charge in [0.05, 0.1) is 19.1 Å². The third-order valence-electron chi connectivity index (χ3n) is 3.77. The molecule has 0 aliphatic carbocycles. The number of carboxylic acids is 1. The highest BCUT2D eigenvalue weighted by Gasteiger charge is 2.13. The van der Waals surface area contributed by atoms with Crippen molar-refractivity contribution < 1.29 is 19.4 Å². The smallest absolute Gasteiger partial charge is 0.306 e. The lowest BCUT2D eigenvalue weighted by atomic mass is 10.1. The zero-order valence-electron chi connectivity index (χ0n) is 14.9. The number of hydrogen-bond acceptors (Lipinski definition) is 4. The fourth-order valence-electron chi connectivity index (χ4n) is 2.37. The summed E-state index contributed by atoms with van der Waals surface area (Å²) in [5.41, 5.74) is 1.53. The van der Waals surface area contributed by atoms with Crippen LogP contribution in [0.1, 0.15) is 30.5 Å². The Balaban J connectivity index is 2.07. The topological polar surface area (TPSA) is 99.4 Å². The Morgan fingerprint density at radius 1 is 1.22 bits per heavy atom. The molecule has 2 N–H and O–H groups in total. The largest absolute Gasteiger partial charge is 0.493 e. The maximum absolute atomic E-state index is 12.4. The van der Waals surface area contributed by atoms with E-state index in [0.29, 0.717) is 11.3 Å². The third-order valence-corrected chi connectivity index (χ3v) is 3.77. The van der Waals surface area contributed by atoms with Gasteiger partial charge in [0, 0.05) is 0 Å². The molecule has 27 heavy (non-hydrogen) atoms. The predicted molar refractivity (Wildman–Crippen MR) is 101 cm³/mol. The normalized spacial score (nSPS) is 11.9. The van der Waals surface area contributed by atoms with E-state index in [1.165, 1.54) is 6.08 Å². The highest BCUT2D eigenvalue weighted by molar-refractivity contribution is 6.01. The number of carboxylic acid groups (broad SMARTS) is 1. The van der Waals surface area contributed by atoms with Crippen molar-refractivity contribution in [3.63, 3.8) is 0 Å². The second-order valence-corrected chi connectivity index (χ2v) is 5.84. The van der Waals surface area contributed by atoms with E-state index in [4.69, 9.17) is 9.84 Å². The summed E-state index contributed by atoms with van der Waals surface area (Å²) in [6.07, 6.45) is 1.36. The van der Waals surface area contributed by atoms with Gasteiger partial charge in [0.1, 0.15) is 17.4 Å². The third kappa shape index (κ3) is 6.33. The van der Waals surface area contributed by atoms with Crippen molar-refractivity contribution in [2.24, 2.45) is 0 Å². The number of hydrogen-bond donors (Lipinski definition) is 2. The highest BCUT2D eigenvalue weighted by Crippen LogP contribution is 2.17. The van der Waals surface area contributed by atoms with Crippen LogP contribution >= 0.6 is 0 Å². The maximum atomic E-state index is 12.4. The van der Waals surface area contributed by atoms with Crippen LogP contribution in [0.4, 0.5) is 0 Å². The number of ether oxygens (including phenoxy) is 1. The van der Waals surface area contributed by atoms with Gasteiger partial charge in [0.25, 0.3) is 5.91 Å². The average Bonchev–Trinajstić information content (AvgIpc) is 2.66. The van der Waals surface area contributed by atoms with Gasteiger partial charge in [-0.3, -0.25) is 9.59 Å². The minimum absolute atomic E-state index is 0.0273. The van der Waals surface area contributed by atoms with Gasteiger partial charge in [0.2, 0.25) is 0 Å². The molecule has 138 valence electrons. The van der Waals surface area contributed by atoms with Gasteiger partial charge >= 0.3 is 5.97 Å². The van der Waals surface area contributed by atoms with Crippen LogP contribution in [0.3, 0.4) is 0 Å². The number of nitrogens with zero attached hydrogens (tertiary/aromatic N) is 1. The lowest BCUT2D eigenvalue weighted by molar-refractivity contribution is -0.137. The lowest BCUT2D eigenvalue weighted by Crippen LogP contribution is -2.27. The molecule has 0 aliphatic rings. The first-order chi connectivity index (χ1) is 13.0. The van der Waals surface area contributed by atoms with E-state index in [-0.39, 0.29) is 24.6 Å². The summed E-state index contributed by atoms with van der Waals surface area (Å²) in [4.78, 5) is 22.9. The molecule has 0 heterocycles. The zero-order valence-corrected chi connectivity index (χ0v) is 14.9. The molecule has 0 fully saturated rings. The van der Waals surface area contributed by atoms with Crippen LogP contribution in [0.2, 0.25) is 0 Å². The molecule has 0 saturated heterocycles. The summed E-state index contributed by atoms with van der Waals surface area (Å²) < 4.78 is 5.36. The van der Waals surface area contributed by atoms with E-state index in [9.17, 15) is 14.9 Å². The van der Waals surface area contributed by atoms with Gasteiger partial charge in [-0.25, -0.2) is 0 Å². The van der Waals surface area contributed by atoms with Crippen LogP contribution in [0.15, 0.2) is 60.2 Å². The average molecular weight is 364 g/mol. The summed E-state index contributed by atoms with van der Waals surface area (Å²) in [6.45, 7) is 1.89. The van der Waals surface area contributed by atoms with E-state index < -0.39 is 11.9 Å². The second kappa shape index (κ2) is 9.78. The molecule has 2 aromatic rings. The van der Waals surface area contributed by atoms with Gasteiger partial charge < -0.3 is 15.2 Å². The molecule has 0 spiro atoms. The number of benzene rings is 2. The summed E-state index contributed by atoms with van der Waals surface area (Å²) in [5, 5.41) is 20.8. The fraction of sp³-hybridized carbons (Fsp3) is 0.190. The van der Waals surface area contributed by atoms with E-state index in [1.54, 1.807) is 24.3 Å². The molecule has 2 rings (SSSR count). The quantitative estimate of drug-likeness (QED) is 0.553. The molecule has 6 heteroatoms. The van der Waals surface area contributed by atoms with E-state index in [1.807, 2.05) is 43.3 Å². The lowest BCUT2D eigenvalue weighted by Gasteiger charge is -2.13. The summed E-state index contributed by atoms with van der Waals surface area (Å²) in [6, 6.07) is 17.9. The standard InChI is InChI=1S/C21H20N2O4/c1-15(17-7-3-2-4-8-17)23-21(26)18(14-22)12-16-6-5-9-19(13-16)27-11-10-20(24)25/h2-9,12-13,15H,10-11H2,1H3,(H,23,26)(H,24,25). The number of nitrogens with one attached hydrogen (secondary N) is 1. The zero-order chi connectivity index (χ0) is 19.6. The van der Waals surface area contributed by atoms with Crippen molar-refractivity contribution in [1.82, 2.24) is 5.32 Å². The molecule has 0 aliphatic heterocycles. The van der Waals surface area contributed by atoms with E-state index in [0.717, 1.165) is 5.56 Å². The van der Waals surface area contributed by atoms with E-state index in [2.05, 4.69) is 5.32 Å². The summed E-state index contributed by atoms with van der Waals surface area (Å²) in [7, 11) is 0. The van der Waals surface area contributed by atoms with Gasteiger partial charge in [-0.15, -0.1) is 0 Å². The Bertz CT molecular complexity index is 869. The number of rotatable bonds is 8. The molecule has 0 aromatic heterocycles. The molecule has 6 nitrogen and oxygen atoms in total. The number of carbonyl (C=O) groups is 2. The predicted octanol–water partition coefficient (Wildman–Crippen LogP) is 3.32. The number of nitriles is 1. The summed E-state index contributed by atoms with van der Waals surface area (Å²) >= 11 is 0. The Kier molecular flexibility index (Phi) is 7.15. The molecular weight excluding hydrogens is 344 g/mol. The first kappa shape index (κ1) is 19.7. The second-order valence-electron chi connectivity index (χ2n) is 5.84. The molecule has 0 radical (unpaired) electrons. The van der Waals surface area contributed by atoms with Crippen LogP contribution in [-0.4, -0.2) is 23.6 Å². The molecule has 1 amide bonds. The van der Waals surface area contributed by atoms with Gasteiger partial charge in [-0.1, -0.05) is 42.5 Å². The van der Waals surface area contributed by atoms with Crippen molar-refractivity contribution >= 4 is 18.0 Å². The van der Waals surface area contributed by atoms with Crippen molar-refractivity contribution in [2.75, 3.05) is 6.61 Å². The Labute approximate surface area is 157 Å². The Hall–Kier alpha value is -3.59. The first-order valence-corrected chi connectivity index (χ1v) is 8.42. The minimum atomic E-state index is -0.943. The molecular formula is C21H20N2O4. The van der Waals surface area contributed by atoms with Crippen LogP contribution in [-0.2, 0) is 9.59 Å². The molecule has 1 atom stereocenters. The van der Waals surface area contributed by atoms with Crippen molar-refractivity contribution in [3.05, 3.63) is 71.3 Å². The Morgan fingerprint density at radius 2 is 1.96 bits per heavy atom. The Morgan fingerprint density at radius 3 is 2.63 bits per heavy atom. The fourth-order valence-corrected chi connectivity index (χ4v) is 2.37. The molecule has 0 saturated carbocycles. The SMILES string of the molecule is CC(NC(=O)C(C#N)=Cc1cccc(OCCC(=O)O)c1)c1ccccc1. The molecule has 2 aromatic carbocycles. The van der Waals surface area contributed by atoms with E-state index >= 15 is 0 Å².